The molecule has 0 saturated heterocycles. The zero-order valence-corrected chi connectivity index (χ0v) is 13.3. The summed E-state index contributed by atoms with van der Waals surface area (Å²) < 4.78 is 0. The largest absolute Gasteiger partial charge is 0.301 e. The normalized spacial score (nSPS) is 25.1. The SMILES string of the molecule is O=[N+]([O-])c1ccc(N/N=C2/CC3CCCCC2CC3)c([N+](=O)[O-])c1. The molecule has 24 heavy (non-hydrogen) atoms. The molecule has 128 valence electrons. The van der Waals surface area contributed by atoms with Crippen molar-refractivity contribution >= 4 is 22.8 Å². The molecule has 1 aromatic rings. The van der Waals surface area contributed by atoms with Crippen LogP contribution in [0, 0.1) is 32.1 Å². The number of anilines is 1. The zero-order valence-electron chi connectivity index (χ0n) is 13.3. The summed E-state index contributed by atoms with van der Waals surface area (Å²) in [5, 5.41) is 26.4. The maximum atomic E-state index is 11.2. The third-order valence-electron chi connectivity index (χ3n) is 5.02. The summed E-state index contributed by atoms with van der Waals surface area (Å²) in [7, 11) is 0. The monoisotopic (exact) mass is 332 g/mol. The first-order valence-corrected chi connectivity index (χ1v) is 8.30. The Bertz CT molecular complexity index is 685. The van der Waals surface area contributed by atoms with Gasteiger partial charge in [0.2, 0.25) is 0 Å². The number of nitrogens with one attached hydrogen (secondary N) is 1. The van der Waals surface area contributed by atoms with Crippen LogP contribution in [0.25, 0.3) is 0 Å². The maximum absolute atomic E-state index is 11.2. The maximum Gasteiger partial charge on any atom is 0.301 e. The minimum Gasteiger partial charge on any atom is -0.272 e. The van der Waals surface area contributed by atoms with Crippen molar-refractivity contribution in [3.05, 3.63) is 38.4 Å². The number of non-ortho nitro benzene ring substituents is 1. The number of hydrazone groups is 1. The van der Waals surface area contributed by atoms with Crippen molar-refractivity contribution in [1.29, 1.82) is 0 Å². The molecule has 0 spiro atoms. The Labute approximate surface area is 139 Å². The lowest BCUT2D eigenvalue weighted by molar-refractivity contribution is -0.393. The van der Waals surface area contributed by atoms with E-state index in [1.54, 1.807) is 0 Å². The van der Waals surface area contributed by atoms with Crippen LogP contribution in [0.2, 0.25) is 0 Å². The van der Waals surface area contributed by atoms with Gasteiger partial charge in [-0.15, -0.1) is 0 Å². The van der Waals surface area contributed by atoms with Crippen LogP contribution in [0.4, 0.5) is 17.1 Å². The van der Waals surface area contributed by atoms with Gasteiger partial charge in [0.1, 0.15) is 5.69 Å². The van der Waals surface area contributed by atoms with E-state index >= 15 is 0 Å². The van der Waals surface area contributed by atoms with E-state index in [0.29, 0.717) is 11.8 Å². The molecule has 8 nitrogen and oxygen atoms in total. The predicted octanol–water partition coefficient (Wildman–Crippen LogP) is 4.26. The molecule has 3 aliphatic carbocycles. The summed E-state index contributed by atoms with van der Waals surface area (Å²) in [4.78, 5) is 20.7. The average Bonchev–Trinajstić information content (AvgIpc) is 2.53. The van der Waals surface area contributed by atoms with Gasteiger partial charge in [0, 0.05) is 11.8 Å². The second kappa shape index (κ2) is 6.94. The van der Waals surface area contributed by atoms with Crippen LogP contribution >= 0.6 is 0 Å². The molecule has 4 rings (SSSR count). The minimum absolute atomic E-state index is 0.191. The molecule has 0 amide bonds. The van der Waals surface area contributed by atoms with Gasteiger partial charge in [-0.25, -0.2) is 0 Å². The fraction of sp³-hybridized carbons (Fsp3) is 0.562. The summed E-state index contributed by atoms with van der Waals surface area (Å²) in [6.07, 6.45) is 8.14. The predicted molar refractivity (Wildman–Crippen MR) is 90.1 cm³/mol. The smallest absolute Gasteiger partial charge is 0.272 e. The van der Waals surface area contributed by atoms with Crippen LogP contribution in [0.1, 0.15) is 44.9 Å². The lowest BCUT2D eigenvalue weighted by atomic mass is 9.74. The van der Waals surface area contributed by atoms with Crippen molar-refractivity contribution in [1.82, 2.24) is 0 Å². The number of nitro benzene ring substituents is 2. The highest BCUT2D eigenvalue weighted by Gasteiger charge is 2.29. The minimum atomic E-state index is -0.642. The van der Waals surface area contributed by atoms with E-state index < -0.39 is 9.85 Å². The molecule has 3 aliphatic rings. The van der Waals surface area contributed by atoms with E-state index in [4.69, 9.17) is 0 Å². The molecule has 8 heteroatoms. The Morgan fingerprint density at radius 2 is 1.83 bits per heavy atom. The quantitative estimate of drug-likeness (QED) is 0.654. The van der Waals surface area contributed by atoms with Crippen molar-refractivity contribution in [2.45, 2.75) is 44.9 Å². The van der Waals surface area contributed by atoms with Gasteiger partial charge in [-0.2, -0.15) is 5.10 Å². The first-order chi connectivity index (χ1) is 11.5. The molecule has 0 radical (unpaired) electrons. The number of benzene rings is 1. The Morgan fingerprint density at radius 3 is 2.58 bits per heavy atom. The van der Waals surface area contributed by atoms with Crippen molar-refractivity contribution < 1.29 is 9.85 Å². The summed E-state index contributed by atoms with van der Waals surface area (Å²) in [6.45, 7) is 0. The molecule has 2 bridgehead atoms. The van der Waals surface area contributed by atoms with Gasteiger partial charge in [-0.3, -0.25) is 25.7 Å². The second-order valence-electron chi connectivity index (χ2n) is 6.56. The van der Waals surface area contributed by atoms with Gasteiger partial charge < -0.3 is 0 Å². The lowest BCUT2D eigenvalue weighted by Gasteiger charge is -2.33. The molecule has 2 unspecified atom stereocenters. The molecule has 1 N–H and O–H groups in total. The number of fused-ring (bicyclic) bond motifs is 5. The highest BCUT2D eigenvalue weighted by Crippen LogP contribution is 2.36. The Balaban J connectivity index is 1.82. The fourth-order valence-electron chi connectivity index (χ4n) is 3.70. The number of hydrogen-bond donors (Lipinski definition) is 1. The molecule has 2 atom stereocenters. The fourth-order valence-corrected chi connectivity index (χ4v) is 3.70. The van der Waals surface area contributed by atoms with E-state index in [1.165, 1.54) is 37.8 Å². The van der Waals surface area contributed by atoms with Gasteiger partial charge in [-0.05, 0) is 43.6 Å². The molecule has 0 aliphatic heterocycles. The van der Waals surface area contributed by atoms with Crippen LogP contribution in [-0.2, 0) is 0 Å². The molecular weight excluding hydrogens is 312 g/mol. The first-order valence-electron chi connectivity index (χ1n) is 8.30. The number of hydrogen-bond acceptors (Lipinski definition) is 6. The molecule has 1 aromatic carbocycles. The van der Waals surface area contributed by atoms with E-state index in [-0.39, 0.29) is 17.1 Å². The van der Waals surface area contributed by atoms with E-state index in [9.17, 15) is 20.2 Å². The number of nitrogens with zero attached hydrogens (tertiary/aromatic N) is 3. The van der Waals surface area contributed by atoms with E-state index in [2.05, 4.69) is 10.5 Å². The number of rotatable bonds is 4. The van der Waals surface area contributed by atoms with Crippen molar-refractivity contribution in [3.63, 3.8) is 0 Å². The van der Waals surface area contributed by atoms with Gasteiger partial charge in [0.15, 0.2) is 0 Å². The van der Waals surface area contributed by atoms with Gasteiger partial charge in [0.25, 0.3) is 5.69 Å². The summed E-state index contributed by atoms with van der Waals surface area (Å²) in [5.41, 5.74) is 3.43. The summed E-state index contributed by atoms with van der Waals surface area (Å²) >= 11 is 0. The third-order valence-corrected chi connectivity index (χ3v) is 5.02. The van der Waals surface area contributed by atoms with E-state index in [0.717, 1.165) is 31.0 Å². The standard InChI is InChI=1S/C16H20N4O4/c21-19(22)13-7-8-14(16(10-13)20(23)24)17-18-15-9-11-3-1-2-4-12(15)6-5-11/h7-8,10-12,17H,1-6,9H2/b18-15-. The highest BCUT2D eigenvalue weighted by molar-refractivity contribution is 5.88. The van der Waals surface area contributed by atoms with Crippen molar-refractivity contribution in [2.24, 2.45) is 16.9 Å². The van der Waals surface area contributed by atoms with Gasteiger partial charge >= 0.3 is 5.69 Å². The lowest BCUT2D eigenvalue weighted by Crippen LogP contribution is -2.28. The zero-order chi connectivity index (χ0) is 17.1. The van der Waals surface area contributed by atoms with Crippen molar-refractivity contribution in [3.8, 4) is 0 Å². The van der Waals surface area contributed by atoms with E-state index in [1.807, 2.05) is 0 Å². The Kier molecular flexibility index (Phi) is 4.73. The summed E-state index contributed by atoms with van der Waals surface area (Å²) in [6, 6.07) is 3.56. The van der Waals surface area contributed by atoms with Crippen LogP contribution in [-0.4, -0.2) is 15.6 Å². The first kappa shape index (κ1) is 16.4. The highest BCUT2D eigenvalue weighted by atomic mass is 16.6. The van der Waals surface area contributed by atoms with Crippen LogP contribution in [0.3, 0.4) is 0 Å². The topological polar surface area (TPSA) is 111 Å². The molecule has 3 fully saturated rings. The molecule has 3 saturated carbocycles. The van der Waals surface area contributed by atoms with Gasteiger partial charge in [0.05, 0.1) is 15.9 Å². The van der Waals surface area contributed by atoms with Crippen molar-refractivity contribution in [2.75, 3.05) is 5.43 Å². The average molecular weight is 332 g/mol. The van der Waals surface area contributed by atoms with Gasteiger partial charge in [-0.1, -0.05) is 19.3 Å². The molecule has 0 heterocycles. The Morgan fingerprint density at radius 1 is 1.04 bits per heavy atom. The van der Waals surface area contributed by atoms with Crippen LogP contribution in [0.15, 0.2) is 23.3 Å². The number of nitro groups is 2. The summed E-state index contributed by atoms with van der Waals surface area (Å²) in [5.74, 6) is 1.11. The van der Waals surface area contributed by atoms with Crippen LogP contribution < -0.4 is 5.43 Å². The second-order valence-corrected chi connectivity index (χ2v) is 6.56. The Hall–Kier alpha value is -2.51. The van der Waals surface area contributed by atoms with Crippen LogP contribution in [0.5, 0.6) is 0 Å². The third kappa shape index (κ3) is 3.52. The molecular formula is C16H20N4O4. The molecule has 0 aromatic heterocycles.